The van der Waals surface area contributed by atoms with Crippen molar-refractivity contribution in [3.8, 4) is 12.3 Å². The van der Waals surface area contributed by atoms with Crippen LogP contribution in [0, 0.1) is 24.2 Å². The second kappa shape index (κ2) is 16.2. The minimum absolute atomic E-state index is 0.0606. The van der Waals surface area contributed by atoms with Crippen molar-refractivity contribution >= 4 is 31.5 Å². The van der Waals surface area contributed by atoms with E-state index < -0.39 is 26.4 Å². The van der Waals surface area contributed by atoms with Crippen LogP contribution in [0.25, 0.3) is 10.4 Å². The lowest BCUT2D eigenvalue weighted by Crippen LogP contribution is -2.50. The number of methoxy groups -OCH3 is 1. The van der Waals surface area contributed by atoms with Crippen molar-refractivity contribution in [1.29, 1.82) is 0 Å². The first kappa shape index (κ1) is 35.6. The first-order valence-corrected chi connectivity index (χ1v) is 17.9. The van der Waals surface area contributed by atoms with Gasteiger partial charge in [-0.15, -0.1) is 23.7 Å². The van der Waals surface area contributed by atoms with Crippen molar-refractivity contribution in [2.45, 2.75) is 117 Å². The summed E-state index contributed by atoms with van der Waals surface area (Å²) >= 11 is 1.37. The van der Waals surface area contributed by atoms with E-state index >= 15 is 0 Å². The highest BCUT2D eigenvalue weighted by Gasteiger charge is 2.42. The molecule has 1 aromatic heterocycles. The van der Waals surface area contributed by atoms with E-state index in [4.69, 9.17) is 15.6 Å². The highest BCUT2D eigenvalue weighted by molar-refractivity contribution is 7.09. The number of unbranched alkanes of at least 4 members (excludes halogenated alkanes) is 2. The summed E-state index contributed by atoms with van der Waals surface area (Å²) in [5, 5.41) is 6.25. The molecule has 0 saturated carbocycles. The number of rotatable bonds is 16. The molecule has 9 nitrogen and oxygen atoms in total. The minimum Gasteiger partial charge on any atom is -0.464 e. The largest absolute Gasteiger partial charge is 0.464 e. The molecule has 0 N–H and O–H groups in total. The standard InChI is InChI=1S/C29H49N5O4SSi/c1-12-14-15-16-17-34(27(35)25(32-33-30)21(5)13-2)23(20(3)4)18-24(38-40(10,11)29(6,7)8)26-31-22(19-39-26)28(36)37-9/h1,19-21,23-25H,13-18H2,2-11H3. The quantitative estimate of drug-likeness (QED) is 0.0370. The molecule has 0 spiro atoms. The number of thiazole rings is 1. The summed E-state index contributed by atoms with van der Waals surface area (Å²) in [7, 11) is -0.942. The minimum atomic E-state index is -2.28. The summed E-state index contributed by atoms with van der Waals surface area (Å²) in [6, 6.07) is -1.02. The molecule has 1 amide bonds. The topological polar surface area (TPSA) is 117 Å². The number of ether oxygens (including phenoxy) is 1. The molecule has 0 aliphatic heterocycles. The van der Waals surface area contributed by atoms with Crippen LogP contribution in [0.3, 0.4) is 0 Å². The summed E-state index contributed by atoms with van der Waals surface area (Å²) in [5.74, 6) is 1.97. The molecule has 0 aliphatic rings. The summed E-state index contributed by atoms with van der Waals surface area (Å²) in [6.45, 7) is 19.5. The van der Waals surface area contributed by atoms with Crippen LogP contribution in [0.4, 0.5) is 0 Å². The van der Waals surface area contributed by atoms with Gasteiger partial charge in [0.25, 0.3) is 0 Å². The zero-order chi connectivity index (χ0) is 30.7. The van der Waals surface area contributed by atoms with Crippen molar-refractivity contribution in [2.75, 3.05) is 13.7 Å². The van der Waals surface area contributed by atoms with Crippen LogP contribution in [0.2, 0.25) is 18.1 Å². The maximum atomic E-state index is 14.1. The molecule has 0 saturated heterocycles. The van der Waals surface area contributed by atoms with Gasteiger partial charge < -0.3 is 14.1 Å². The zero-order valence-electron chi connectivity index (χ0n) is 26.1. The molecule has 40 heavy (non-hydrogen) atoms. The van der Waals surface area contributed by atoms with E-state index in [9.17, 15) is 15.1 Å². The van der Waals surface area contributed by atoms with Gasteiger partial charge in [-0.1, -0.05) is 60.0 Å². The van der Waals surface area contributed by atoms with Gasteiger partial charge in [-0.3, -0.25) is 4.79 Å². The molecule has 1 heterocycles. The summed E-state index contributed by atoms with van der Waals surface area (Å²) in [6.07, 6.45) is 8.40. The van der Waals surface area contributed by atoms with Gasteiger partial charge in [-0.25, -0.2) is 9.78 Å². The fraction of sp³-hybridized carbons (Fsp3) is 0.759. The van der Waals surface area contributed by atoms with Crippen LogP contribution >= 0.6 is 11.3 Å². The van der Waals surface area contributed by atoms with Crippen molar-refractivity contribution in [2.24, 2.45) is 17.0 Å². The predicted molar refractivity (Wildman–Crippen MR) is 165 cm³/mol. The lowest BCUT2D eigenvalue weighted by Gasteiger charge is -2.42. The molecule has 0 bridgehead atoms. The third-order valence-electron chi connectivity index (χ3n) is 7.93. The van der Waals surface area contributed by atoms with Crippen molar-refractivity contribution in [1.82, 2.24) is 9.88 Å². The predicted octanol–water partition coefficient (Wildman–Crippen LogP) is 7.76. The number of hydrogen-bond acceptors (Lipinski definition) is 7. The fourth-order valence-corrected chi connectivity index (χ4v) is 6.33. The molecule has 4 unspecified atom stereocenters. The Balaban J connectivity index is 3.61. The Morgan fingerprint density at radius 3 is 2.42 bits per heavy atom. The monoisotopic (exact) mass is 591 g/mol. The van der Waals surface area contributed by atoms with Crippen molar-refractivity contribution in [3.63, 3.8) is 0 Å². The van der Waals surface area contributed by atoms with Gasteiger partial charge in [0.15, 0.2) is 14.0 Å². The number of aromatic nitrogens is 1. The summed E-state index contributed by atoms with van der Waals surface area (Å²) < 4.78 is 11.8. The summed E-state index contributed by atoms with van der Waals surface area (Å²) in [4.78, 5) is 35.8. The molecule has 11 heteroatoms. The van der Waals surface area contributed by atoms with E-state index in [-0.39, 0.29) is 34.5 Å². The maximum Gasteiger partial charge on any atom is 0.357 e. The Labute approximate surface area is 246 Å². The van der Waals surface area contributed by atoms with Gasteiger partial charge in [-0.05, 0) is 54.8 Å². The van der Waals surface area contributed by atoms with Crippen LogP contribution < -0.4 is 0 Å². The van der Waals surface area contributed by atoms with E-state index in [0.717, 1.165) is 12.8 Å². The van der Waals surface area contributed by atoms with Gasteiger partial charge in [0.2, 0.25) is 5.91 Å². The average Bonchev–Trinajstić information content (AvgIpc) is 3.38. The van der Waals surface area contributed by atoms with E-state index in [1.54, 1.807) is 5.38 Å². The van der Waals surface area contributed by atoms with Gasteiger partial charge in [0.05, 0.1) is 13.2 Å². The van der Waals surface area contributed by atoms with Gasteiger partial charge in [0.1, 0.15) is 11.0 Å². The van der Waals surface area contributed by atoms with Crippen LogP contribution in [-0.2, 0) is 14.0 Å². The molecule has 4 atom stereocenters. The lowest BCUT2D eigenvalue weighted by molar-refractivity contribution is -0.138. The SMILES string of the molecule is C#CCCCCN(C(=O)C(N=[N+]=[N-])C(C)CC)C(CC(O[Si](C)(C)C(C)(C)C)c1nc(C(=O)OC)cs1)C(C)C. The molecular formula is C29H49N5O4SSi. The van der Waals surface area contributed by atoms with E-state index in [2.05, 4.69) is 68.6 Å². The fourth-order valence-electron chi connectivity index (χ4n) is 4.15. The van der Waals surface area contributed by atoms with Crippen LogP contribution in [0.1, 0.15) is 102 Å². The van der Waals surface area contributed by atoms with Crippen LogP contribution in [-0.4, -0.2) is 55.8 Å². The third kappa shape index (κ3) is 9.91. The third-order valence-corrected chi connectivity index (χ3v) is 13.3. The Hall–Kier alpha value is -2.38. The second-order valence-electron chi connectivity index (χ2n) is 12.2. The number of amides is 1. The second-order valence-corrected chi connectivity index (χ2v) is 17.9. The number of azide groups is 1. The number of carbonyl (C=O) groups is 2. The zero-order valence-corrected chi connectivity index (χ0v) is 27.9. The highest BCUT2D eigenvalue weighted by atomic mass is 32.1. The molecule has 0 aromatic carbocycles. The number of terminal acetylenes is 1. The molecule has 0 aliphatic carbocycles. The Bertz CT molecular complexity index is 1060. The molecule has 1 aromatic rings. The summed E-state index contributed by atoms with van der Waals surface area (Å²) in [5.41, 5.74) is 9.52. The normalized spacial score (nSPS) is 14.9. The number of esters is 1. The maximum absolute atomic E-state index is 14.1. The Morgan fingerprint density at radius 1 is 1.27 bits per heavy atom. The Morgan fingerprint density at radius 2 is 1.93 bits per heavy atom. The molecule has 0 radical (unpaired) electrons. The van der Waals surface area contributed by atoms with Crippen LogP contribution in [0.5, 0.6) is 0 Å². The van der Waals surface area contributed by atoms with Gasteiger partial charge in [-0.2, -0.15) is 0 Å². The number of hydrogen-bond donors (Lipinski definition) is 0. The number of carbonyl (C=O) groups excluding carboxylic acids is 2. The smallest absolute Gasteiger partial charge is 0.357 e. The lowest BCUT2D eigenvalue weighted by atomic mass is 9.92. The van der Waals surface area contributed by atoms with Crippen molar-refractivity contribution in [3.05, 3.63) is 26.5 Å². The van der Waals surface area contributed by atoms with Gasteiger partial charge in [0, 0.05) is 29.3 Å². The first-order chi connectivity index (χ1) is 18.6. The molecule has 1 rings (SSSR count). The number of nitrogens with zero attached hydrogens (tertiary/aromatic N) is 5. The van der Waals surface area contributed by atoms with Gasteiger partial charge >= 0.3 is 5.97 Å². The van der Waals surface area contributed by atoms with E-state index in [0.29, 0.717) is 30.8 Å². The average molecular weight is 592 g/mol. The molecular weight excluding hydrogens is 543 g/mol. The van der Waals surface area contributed by atoms with Crippen LogP contribution in [0.15, 0.2) is 10.5 Å². The highest BCUT2D eigenvalue weighted by Crippen LogP contribution is 2.42. The van der Waals surface area contributed by atoms with E-state index in [1.165, 1.54) is 18.4 Å². The molecule has 0 fully saturated rings. The Kier molecular flexibility index (Phi) is 14.4. The van der Waals surface area contributed by atoms with E-state index in [1.807, 2.05) is 18.7 Å². The first-order valence-electron chi connectivity index (χ1n) is 14.1. The van der Waals surface area contributed by atoms with Crippen molar-refractivity contribution < 1.29 is 18.8 Å². The molecule has 224 valence electrons.